The van der Waals surface area contributed by atoms with Gasteiger partial charge in [0.25, 0.3) is 5.91 Å². The van der Waals surface area contributed by atoms with Gasteiger partial charge in [0.1, 0.15) is 0 Å². The smallest absolute Gasteiger partial charge is 0.314 e. The van der Waals surface area contributed by atoms with Crippen molar-refractivity contribution in [2.24, 2.45) is 5.73 Å². The fourth-order valence-corrected chi connectivity index (χ4v) is 2.50. The average molecular weight is 354 g/mol. The first kappa shape index (κ1) is 19.2. The molecule has 0 bridgehead atoms. The number of nitrogens with one attached hydrogen (secondary N) is 1. The van der Waals surface area contributed by atoms with Crippen molar-refractivity contribution in [3.63, 3.8) is 0 Å². The molecule has 0 aliphatic rings. The second kappa shape index (κ2) is 8.80. The maximum atomic E-state index is 12.4. The van der Waals surface area contributed by atoms with Crippen LogP contribution in [-0.4, -0.2) is 23.9 Å². The predicted molar refractivity (Wildman–Crippen MR) is 98.6 cm³/mol. The molecule has 26 heavy (non-hydrogen) atoms. The number of esters is 1. The molecule has 2 amide bonds. The van der Waals surface area contributed by atoms with E-state index in [0.29, 0.717) is 17.7 Å². The molecule has 0 heterocycles. The third-order valence-electron chi connectivity index (χ3n) is 3.99. The Balaban J connectivity index is 1.97. The number of carbonyl (C=O) groups is 3. The number of primary amides is 1. The molecular weight excluding hydrogens is 332 g/mol. The summed E-state index contributed by atoms with van der Waals surface area (Å²) < 4.78 is 5.33. The van der Waals surface area contributed by atoms with Crippen molar-refractivity contribution in [2.75, 3.05) is 5.32 Å². The van der Waals surface area contributed by atoms with Crippen LogP contribution >= 0.6 is 0 Å². The van der Waals surface area contributed by atoms with E-state index in [1.807, 2.05) is 37.3 Å². The lowest BCUT2D eigenvalue weighted by Gasteiger charge is -2.18. The van der Waals surface area contributed by atoms with Gasteiger partial charge >= 0.3 is 5.97 Å². The lowest BCUT2D eigenvalue weighted by Crippen LogP contribution is -2.31. The number of amides is 2. The number of hydrogen-bond donors (Lipinski definition) is 2. The van der Waals surface area contributed by atoms with Crippen molar-refractivity contribution in [1.82, 2.24) is 0 Å². The van der Waals surface area contributed by atoms with Gasteiger partial charge in [0, 0.05) is 11.3 Å². The molecule has 2 aromatic rings. The summed E-state index contributed by atoms with van der Waals surface area (Å²) in [6, 6.07) is 15.5. The highest BCUT2D eigenvalue weighted by atomic mass is 16.5. The zero-order chi connectivity index (χ0) is 19.1. The largest absolute Gasteiger partial charge is 0.452 e. The second-order valence-electron chi connectivity index (χ2n) is 5.88. The summed E-state index contributed by atoms with van der Waals surface area (Å²) in [5.41, 5.74) is 6.86. The van der Waals surface area contributed by atoms with Crippen molar-refractivity contribution in [1.29, 1.82) is 0 Å². The van der Waals surface area contributed by atoms with E-state index in [1.54, 1.807) is 12.1 Å². The number of rotatable bonds is 7. The minimum atomic E-state index is -0.948. The van der Waals surface area contributed by atoms with Crippen LogP contribution in [0.1, 0.15) is 42.1 Å². The quantitative estimate of drug-likeness (QED) is 0.747. The van der Waals surface area contributed by atoms with E-state index in [1.165, 1.54) is 19.1 Å². The zero-order valence-corrected chi connectivity index (χ0v) is 14.8. The van der Waals surface area contributed by atoms with Crippen LogP contribution in [0, 0.1) is 0 Å². The van der Waals surface area contributed by atoms with E-state index in [9.17, 15) is 14.4 Å². The zero-order valence-electron chi connectivity index (χ0n) is 14.8. The molecule has 0 aliphatic heterocycles. The van der Waals surface area contributed by atoms with E-state index >= 15 is 0 Å². The highest BCUT2D eigenvalue weighted by molar-refractivity contribution is 5.97. The summed E-state index contributed by atoms with van der Waals surface area (Å²) >= 11 is 0. The summed E-state index contributed by atoms with van der Waals surface area (Å²) in [7, 11) is 0. The van der Waals surface area contributed by atoms with E-state index in [0.717, 1.165) is 5.56 Å². The summed E-state index contributed by atoms with van der Waals surface area (Å²) in [6.45, 7) is 3.41. The molecule has 0 aliphatic carbocycles. The van der Waals surface area contributed by atoms with E-state index in [-0.39, 0.29) is 0 Å². The minimum absolute atomic E-state index is 0.344. The topological polar surface area (TPSA) is 98.5 Å². The SMILES string of the molecule is CC[C@H](C(=O)O[C@H](C)C(=O)Nc1ccc(C(N)=O)cc1)c1ccccc1. The molecule has 0 fully saturated rings. The van der Waals surface area contributed by atoms with Crippen LogP contribution < -0.4 is 11.1 Å². The molecule has 2 aromatic carbocycles. The fraction of sp³-hybridized carbons (Fsp3) is 0.250. The normalized spacial score (nSPS) is 12.7. The lowest BCUT2D eigenvalue weighted by atomic mass is 9.97. The van der Waals surface area contributed by atoms with Gasteiger partial charge in [-0.15, -0.1) is 0 Å². The highest BCUT2D eigenvalue weighted by Gasteiger charge is 2.25. The number of anilines is 1. The highest BCUT2D eigenvalue weighted by Crippen LogP contribution is 2.21. The lowest BCUT2D eigenvalue weighted by molar-refractivity contribution is -0.154. The molecule has 0 unspecified atom stereocenters. The Morgan fingerprint density at radius 1 is 1.04 bits per heavy atom. The number of ether oxygens (including phenoxy) is 1. The van der Waals surface area contributed by atoms with Crippen LogP contribution in [0.2, 0.25) is 0 Å². The number of nitrogens with two attached hydrogens (primary N) is 1. The first-order valence-electron chi connectivity index (χ1n) is 8.38. The van der Waals surface area contributed by atoms with Crippen LogP contribution in [0.15, 0.2) is 54.6 Å². The molecule has 0 radical (unpaired) electrons. The van der Waals surface area contributed by atoms with Gasteiger partial charge in [-0.05, 0) is 43.2 Å². The Morgan fingerprint density at radius 2 is 1.65 bits per heavy atom. The molecule has 0 saturated heterocycles. The predicted octanol–water partition coefficient (Wildman–Crippen LogP) is 2.85. The monoisotopic (exact) mass is 354 g/mol. The summed E-state index contributed by atoms with van der Waals surface area (Å²) in [5.74, 6) is -1.85. The summed E-state index contributed by atoms with van der Waals surface area (Å²) in [4.78, 5) is 35.7. The van der Waals surface area contributed by atoms with Crippen molar-refractivity contribution < 1.29 is 19.1 Å². The first-order chi connectivity index (χ1) is 12.4. The molecule has 0 aromatic heterocycles. The summed E-state index contributed by atoms with van der Waals surface area (Å²) in [5, 5.41) is 2.64. The standard InChI is InChI=1S/C20H22N2O4/c1-3-17(14-7-5-4-6-8-14)20(25)26-13(2)19(24)22-16-11-9-15(10-12-16)18(21)23/h4-13,17H,3H2,1-2H3,(H2,21,23)(H,22,24)/t13-,17+/m1/s1. The Bertz CT molecular complexity index is 772. The molecular formula is C20H22N2O4. The molecule has 0 spiro atoms. The van der Waals surface area contributed by atoms with Gasteiger partial charge in [0.05, 0.1) is 5.92 Å². The van der Waals surface area contributed by atoms with Crippen molar-refractivity contribution in [3.8, 4) is 0 Å². The second-order valence-corrected chi connectivity index (χ2v) is 5.88. The van der Waals surface area contributed by atoms with E-state index < -0.39 is 29.8 Å². The van der Waals surface area contributed by atoms with Gasteiger partial charge in [0.15, 0.2) is 6.10 Å². The van der Waals surface area contributed by atoms with E-state index in [4.69, 9.17) is 10.5 Å². The van der Waals surface area contributed by atoms with Gasteiger partial charge < -0.3 is 15.8 Å². The Labute approximate surface area is 152 Å². The molecule has 2 rings (SSSR count). The van der Waals surface area contributed by atoms with Crippen molar-refractivity contribution >= 4 is 23.5 Å². The summed E-state index contributed by atoms with van der Waals surface area (Å²) in [6.07, 6.45) is -0.373. The van der Waals surface area contributed by atoms with Gasteiger partial charge in [-0.1, -0.05) is 37.3 Å². The average Bonchev–Trinajstić information content (AvgIpc) is 2.63. The van der Waals surface area contributed by atoms with Crippen molar-refractivity contribution in [3.05, 3.63) is 65.7 Å². The third-order valence-corrected chi connectivity index (χ3v) is 3.99. The fourth-order valence-electron chi connectivity index (χ4n) is 2.50. The van der Waals surface area contributed by atoms with Gasteiger partial charge in [-0.25, -0.2) is 0 Å². The maximum absolute atomic E-state index is 12.4. The maximum Gasteiger partial charge on any atom is 0.314 e. The van der Waals surface area contributed by atoms with Crippen molar-refractivity contribution in [2.45, 2.75) is 32.3 Å². The van der Waals surface area contributed by atoms with E-state index in [2.05, 4.69) is 5.32 Å². The van der Waals surface area contributed by atoms with Crippen LogP contribution in [-0.2, 0) is 14.3 Å². The molecule has 6 nitrogen and oxygen atoms in total. The molecule has 3 N–H and O–H groups in total. The number of hydrogen-bond acceptors (Lipinski definition) is 4. The Hall–Kier alpha value is -3.15. The van der Waals surface area contributed by atoms with Gasteiger partial charge in [-0.2, -0.15) is 0 Å². The third kappa shape index (κ3) is 4.92. The number of carbonyl (C=O) groups excluding carboxylic acids is 3. The van der Waals surface area contributed by atoms with Crippen LogP contribution in [0.4, 0.5) is 5.69 Å². The van der Waals surface area contributed by atoms with Gasteiger partial charge in [0.2, 0.25) is 5.91 Å². The van der Waals surface area contributed by atoms with Crippen LogP contribution in [0.25, 0.3) is 0 Å². The first-order valence-corrected chi connectivity index (χ1v) is 8.38. The Kier molecular flexibility index (Phi) is 6.49. The molecule has 6 heteroatoms. The van der Waals surface area contributed by atoms with Crippen LogP contribution in [0.5, 0.6) is 0 Å². The molecule has 0 saturated carbocycles. The molecule has 136 valence electrons. The van der Waals surface area contributed by atoms with Gasteiger partial charge in [-0.3, -0.25) is 14.4 Å². The molecule has 2 atom stereocenters. The number of benzene rings is 2. The van der Waals surface area contributed by atoms with Crippen LogP contribution in [0.3, 0.4) is 0 Å². The Morgan fingerprint density at radius 3 is 2.19 bits per heavy atom. The minimum Gasteiger partial charge on any atom is -0.452 e.